The summed E-state index contributed by atoms with van der Waals surface area (Å²) in [5, 5.41) is 14.9. The van der Waals surface area contributed by atoms with Gasteiger partial charge >= 0.3 is 0 Å². The number of nitrogens with zero attached hydrogens (tertiary/aromatic N) is 1. The molecule has 2 rings (SSSR count). The highest BCUT2D eigenvalue weighted by molar-refractivity contribution is 5.96. The van der Waals surface area contributed by atoms with Crippen LogP contribution in [0, 0.1) is 11.3 Å². The highest BCUT2D eigenvalue weighted by atomic mass is 16.2. The van der Waals surface area contributed by atoms with E-state index in [1.807, 2.05) is 49.4 Å². The maximum absolute atomic E-state index is 12.5. The molecule has 0 aromatic heterocycles. The van der Waals surface area contributed by atoms with E-state index in [2.05, 4.69) is 36.6 Å². The van der Waals surface area contributed by atoms with Gasteiger partial charge in [0.1, 0.15) is 6.04 Å². The number of carbonyl (C=O) groups excluding carboxylic acids is 1. The third-order valence-electron chi connectivity index (χ3n) is 4.38. The zero-order chi connectivity index (χ0) is 18.2. The molecule has 0 saturated carbocycles. The number of benzene rings is 2. The number of nitriles is 1. The summed E-state index contributed by atoms with van der Waals surface area (Å²) >= 11 is 0. The van der Waals surface area contributed by atoms with Gasteiger partial charge in [0, 0.05) is 11.4 Å². The van der Waals surface area contributed by atoms with Gasteiger partial charge in [-0.2, -0.15) is 5.26 Å². The first-order valence-corrected chi connectivity index (χ1v) is 8.67. The van der Waals surface area contributed by atoms with Gasteiger partial charge in [-0.25, -0.2) is 0 Å². The Balaban J connectivity index is 2.02. The van der Waals surface area contributed by atoms with E-state index in [-0.39, 0.29) is 11.9 Å². The van der Waals surface area contributed by atoms with E-state index in [0.29, 0.717) is 12.3 Å². The van der Waals surface area contributed by atoms with Gasteiger partial charge < -0.3 is 10.6 Å². The van der Waals surface area contributed by atoms with Crippen molar-refractivity contribution < 1.29 is 4.79 Å². The molecule has 0 radical (unpaired) electrons. The molecule has 130 valence electrons. The van der Waals surface area contributed by atoms with Crippen LogP contribution in [0.1, 0.15) is 44.2 Å². The molecular weight excluding hydrogens is 310 g/mol. The van der Waals surface area contributed by atoms with Gasteiger partial charge in [-0.3, -0.25) is 4.79 Å². The molecule has 0 aliphatic rings. The van der Waals surface area contributed by atoms with Crippen LogP contribution < -0.4 is 10.6 Å². The first-order valence-electron chi connectivity index (χ1n) is 8.67. The maximum atomic E-state index is 12.5. The molecule has 2 atom stereocenters. The topological polar surface area (TPSA) is 64.9 Å². The van der Waals surface area contributed by atoms with Crippen molar-refractivity contribution in [2.75, 3.05) is 10.6 Å². The number of rotatable bonds is 7. The second-order valence-electron chi connectivity index (χ2n) is 6.28. The highest BCUT2D eigenvalue weighted by Gasteiger charge is 2.16. The largest absolute Gasteiger partial charge is 0.374 e. The predicted octanol–water partition coefficient (Wildman–Crippen LogP) is 4.71. The van der Waals surface area contributed by atoms with Crippen LogP contribution >= 0.6 is 0 Å². The summed E-state index contributed by atoms with van der Waals surface area (Å²) in [7, 11) is 0. The van der Waals surface area contributed by atoms with Gasteiger partial charge in [-0.05, 0) is 48.6 Å². The second-order valence-corrected chi connectivity index (χ2v) is 6.28. The number of amides is 1. The van der Waals surface area contributed by atoms with E-state index in [1.54, 1.807) is 0 Å². The molecule has 25 heavy (non-hydrogen) atoms. The third-order valence-corrected chi connectivity index (χ3v) is 4.38. The van der Waals surface area contributed by atoms with E-state index in [4.69, 9.17) is 5.26 Å². The SMILES string of the molecule is CCC(C)c1ccccc1NC(=O)C(C)Nc1ccc(CC#N)cc1. The minimum atomic E-state index is -0.369. The molecule has 0 aliphatic carbocycles. The Hall–Kier alpha value is -2.80. The summed E-state index contributed by atoms with van der Waals surface area (Å²) in [4.78, 5) is 12.5. The summed E-state index contributed by atoms with van der Waals surface area (Å²) in [5.74, 6) is 0.323. The summed E-state index contributed by atoms with van der Waals surface area (Å²) < 4.78 is 0. The molecule has 0 aliphatic heterocycles. The number of hydrogen-bond acceptors (Lipinski definition) is 3. The van der Waals surface area contributed by atoms with Gasteiger partial charge in [0.25, 0.3) is 0 Å². The lowest BCUT2D eigenvalue weighted by atomic mass is 9.97. The smallest absolute Gasteiger partial charge is 0.246 e. The summed E-state index contributed by atoms with van der Waals surface area (Å²) in [5.41, 5.74) is 3.86. The van der Waals surface area contributed by atoms with Crippen molar-refractivity contribution in [1.82, 2.24) is 0 Å². The Morgan fingerprint density at radius 3 is 2.44 bits per heavy atom. The van der Waals surface area contributed by atoms with Crippen molar-refractivity contribution in [1.29, 1.82) is 5.26 Å². The van der Waals surface area contributed by atoms with E-state index in [0.717, 1.165) is 28.9 Å². The Kier molecular flexibility index (Phi) is 6.59. The van der Waals surface area contributed by atoms with Crippen LogP contribution in [0.5, 0.6) is 0 Å². The van der Waals surface area contributed by atoms with E-state index >= 15 is 0 Å². The Morgan fingerprint density at radius 2 is 1.80 bits per heavy atom. The number of nitrogens with one attached hydrogen (secondary N) is 2. The molecule has 4 nitrogen and oxygen atoms in total. The van der Waals surface area contributed by atoms with Gasteiger partial charge in [0.2, 0.25) is 5.91 Å². The molecular formula is C21H25N3O. The Morgan fingerprint density at radius 1 is 1.12 bits per heavy atom. The summed E-state index contributed by atoms with van der Waals surface area (Å²) in [6.45, 7) is 6.14. The van der Waals surface area contributed by atoms with Crippen LogP contribution in [0.15, 0.2) is 48.5 Å². The van der Waals surface area contributed by atoms with Crippen molar-refractivity contribution in [3.63, 3.8) is 0 Å². The van der Waals surface area contributed by atoms with Crippen LogP contribution in [0.2, 0.25) is 0 Å². The number of anilines is 2. The summed E-state index contributed by atoms with van der Waals surface area (Å²) in [6, 6.07) is 17.3. The third kappa shape index (κ3) is 5.09. The molecule has 0 fully saturated rings. The normalized spacial score (nSPS) is 12.7. The lowest BCUT2D eigenvalue weighted by molar-refractivity contribution is -0.116. The number of para-hydroxylation sites is 1. The fraction of sp³-hybridized carbons (Fsp3) is 0.333. The standard InChI is InChI=1S/C21H25N3O/c1-4-15(2)19-7-5-6-8-20(19)24-21(25)16(3)23-18-11-9-17(10-12-18)13-14-22/h5-12,15-16,23H,4,13H2,1-3H3,(H,24,25). The van der Waals surface area contributed by atoms with Crippen LogP contribution in [0.3, 0.4) is 0 Å². The van der Waals surface area contributed by atoms with Gasteiger partial charge in [-0.1, -0.05) is 44.2 Å². The number of carbonyl (C=O) groups is 1. The molecule has 1 amide bonds. The number of hydrogen-bond donors (Lipinski definition) is 2. The fourth-order valence-electron chi connectivity index (χ4n) is 2.63. The maximum Gasteiger partial charge on any atom is 0.246 e. The molecule has 0 saturated heterocycles. The monoisotopic (exact) mass is 335 g/mol. The minimum Gasteiger partial charge on any atom is -0.374 e. The Labute approximate surface area is 149 Å². The van der Waals surface area contributed by atoms with Gasteiger partial charge in [0.05, 0.1) is 12.5 Å². The van der Waals surface area contributed by atoms with E-state index in [1.165, 1.54) is 0 Å². The zero-order valence-electron chi connectivity index (χ0n) is 15.0. The quantitative estimate of drug-likeness (QED) is 0.770. The minimum absolute atomic E-state index is 0.0724. The van der Waals surface area contributed by atoms with Crippen LogP contribution in [0.25, 0.3) is 0 Å². The first-order chi connectivity index (χ1) is 12.0. The zero-order valence-corrected chi connectivity index (χ0v) is 15.0. The molecule has 4 heteroatoms. The molecule has 2 N–H and O–H groups in total. The lowest BCUT2D eigenvalue weighted by Crippen LogP contribution is -2.32. The van der Waals surface area contributed by atoms with E-state index < -0.39 is 0 Å². The summed E-state index contributed by atoms with van der Waals surface area (Å²) in [6.07, 6.45) is 1.42. The van der Waals surface area contributed by atoms with Crippen molar-refractivity contribution in [3.05, 3.63) is 59.7 Å². The predicted molar refractivity (Wildman–Crippen MR) is 103 cm³/mol. The van der Waals surface area contributed by atoms with Gasteiger partial charge in [-0.15, -0.1) is 0 Å². The molecule has 2 unspecified atom stereocenters. The van der Waals surface area contributed by atoms with E-state index in [9.17, 15) is 4.79 Å². The van der Waals surface area contributed by atoms with Crippen LogP contribution in [0.4, 0.5) is 11.4 Å². The Bertz CT molecular complexity index is 746. The molecule has 0 bridgehead atoms. The van der Waals surface area contributed by atoms with Crippen molar-refractivity contribution in [3.8, 4) is 6.07 Å². The molecule has 0 spiro atoms. The van der Waals surface area contributed by atoms with Crippen molar-refractivity contribution in [2.24, 2.45) is 0 Å². The first kappa shape index (κ1) is 18.5. The van der Waals surface area contributed by atoms with Crippen molar-refractivity contribution >= 4 is 17.3 Å². The molecule has 2 aromatic carbocycles. The average molecular weight is 335 g/mol. The average Bonchev–Trinajstić information content (AvgIpc) is 2.63. The fourth-order valence-corrected chi connectivity index (χ4v) is 2.63. The molecule has 2 aromatic rings. The lowest BCUT2D eigenvalue weighted by Gasteiger charge is -2.19. The molecule has 0 heterocycles. The second kappa shape index (κ2) is 8.89. The highest BCUT2D eigenvalue weighted by Crippen LogP contribution is 2.26. The van der Waals surface area contributed by atoms with Crippen LogP contribution in [-0.4, -0.2) is 11.9 Å². The van der Waals surface area contributed by atoms with Crippen molar-refractivity contribution in [2.45, 2.75) is 45.6 Å². The van der Waals surface area contributed by atoms with Crippen LogP contribution in [-0.2, 0) is 11.2 Å². The van der Waals surface area contributed by atoms with Gasteiger partial charge in [0.15, 0.2) is 0 Å².